The van der Waals surface area contributed by atoms with Gasteiger partial charge < -0.3 is 14.2 Å². The van der Waals surface area contributed by atoms with Crippen LogP contribution >= 0.6 is 0 Å². The molecule has 31 heavy (non-hydrogen) atoms. The Hall–Kier alpha value is -3.63. The zero-order chi connectivity index (χ0) is 23.2. The molecule has 0 N–H and O–H groups in total. The van der Waals surface area contributed by atoms with Gasteiger partial charge in [-0.2, -0.15) is 13.6 Å². The summed E-state index contributed by atoms with van der Waals surface area (Å²) in [6.45, 7) is 6.28. The molecule has 9 nitrogen and oxygen atoms in total. The maximum absolute atomic E-state index is 12.4. The van der Waals surface area contributed by atoms with Crippen LogP contribution in [0.2, 0.25) is 0 Å². The molecule has 1 aromatic heterocycles. The normalized spacial score (nSPS) is 10.4. The Balaban J connectivity index is 0.000000592. The number of nitrogens with zero attached hydrogens (tertiary/aromatic N) is 4. The molecule has 168 valence electrons. The zero-order valence-corrected chi connectivity index (χ0v) is 17.5. The number of rotatable bonds is 9. The van der Waals surface area contributed by atoms with E-state index >= 15 is 0 Å². The minimum absolute atomic E-state index is 0.00474. The molecule has 0 bridgehead atoms. The fraction of sp³-hybridized carbons (Fsp3) is 0.350. The Kier molecular flexibility index (Phi) is 11.1. The van der Waals surface area contributed by atoms with Gasteiger partial charge in [-0.1, -0.05) is 12.6 Å². The van der Waals surface area contributed by atoms with E-state index in [1.165, 1.54) is 29.1 Å². The van der Waals surface area contributed by atoms with E-state index in [0.29, 0.717) is 23.6 Å². The van der Waals surface area contributed by atoms with Crippen LogP contribution in [0.4, 0.5) is 8.78 Å². The van der Waals surface area contributed by atoms with Gasteiger partial charge in [-0.3, -0.25) is 0 Å². The number of halogens is 2. The van der Waals surface area contributed by atoms with Gasteiger partial charge in [0, 0.05) is 12.2 Å². The van der Waals surface area contributed by atoms with Crippen LogP contribution in [0.3, 0.4) is 0 Å². The summed E-state index contributed by atoms with van der Waals surface area (Å²) in [6.07, 6.45) is 3.93. The number of hydrogen-bond acceptors (Lipinski definition) is 8. The molecule has 0 saturated heterocycles. The Bertz CT molecular complexity index is 899. The Morgan fingerprint density at radius 1 is 1.19 bits per heavy atom. The van der Waals surface area contributed by atoms with Crippen molar-refractivity contribution in [2.45, 2.75) is 33.9 Å². The van der Waals surface area contributed by atoms with E-state index in [1.807, 2.05) is 0 Å². The van der Waals surface area contributed by atoms with Gasteiger partial charge in [0.25, 0.3) is 0 Å². The minimum Gasteiger partial charge on any atom is -0.463 e. The SMILES string of the molecule is C=CC(=O)OCC.CCOC(=O)/C=C/c1ccc(OC(F)F)cc1Cn1nnc(C)n1. The topological polar surface area (TPSA) is 105 Å². The summed E-state index contributed by atoms with van der Waals surface area (Å²) in [5, 5.41) is 11.6. The average molecular weight is 438 g/mol. The van der Waals surface area contributed by atoms with Crippen molar-refractivity contribution < 1.29 is 32.6 Å². The van der Waals surface area contributed by atoms with Gasteiger partial charge in [-0.25, -0.2) is 9.59 Å². The fourth-order valence-corrected chi connectivity index (χ4v) is 2.15. The van der Waals surface area contributed by atoms with Gasteiger partial charge in [0.15, 0.2) is 5.82 Å². The highest BCUT2D eigenvalue weighted by Crippen LogP contribution is 2.21. The first-order valence-corrected chi connectivity index (χ1v) is 9.25. The van der Waals surface area contributed by atoms with E-state index in [2.05, 4.69) is 31.5 Å². The van der Waals surface area contributed by atoms with E-state index in [9.17, 15) is 18.4 Å². The highest BCUT2D eigenvalue weighted by Gasteiger charge is 2.10. The first kappa shape index (κ1) is 25.4. The monoisotopic (exact) mass is 438 g/mol. The van der Waals surface area contributed by atoms with Crippen molar-refractivity contribution in [1.82, 2.24) is 20.2 Å². The smallest absolute Gasteiger partial charge is 0.387 e. The standard InChI is InChI=1S/C15H16F2N4O3.C5H8O2/c1-3-23-14(22)7-5-11-4-6-13(24-15(16)17)8-12(11)9-21-19-10(2)18-20-21;1-3-5(6)7-4-2/h4-8,15H,3,9H2,1-2H3;3H,1,4H2,2H3/b7-5+;. The first-order chi connectivity index (χ1) is 14.8. The van der Waals surface area contributed by atoms with E-state index < -0.39 is 12.6 Å². The van der Waals surface area contributed by atoms with Crippen LogP contribution in [-0.4, -0.2) is 52.0 Å². The van der Waals surface area contributed by atoms with Crippen molar-refractivity contribution >= 4 is 18.0 Å². The van der Waals surface area contributed by atoms with E-state index in [4.69, 9.17) is 4.74 Å². The van der Waals surface area contributed by atoms with Crippen molar-refractivity contribution in [2.75, 3.05) is 13.2 Å². The van der Waals surface area contributed by atoms with Crippen molar-refractivity contribution in [3.63, 3.8) is 0 Å². The molecule has 0 fully saturated rings. The number of aromatic nitrogens is 4. The highest BCUT2D eigenvalue weighted by atomic mass is 19.3. The summed E-state index contributed by atoms with van der Waals surface area (Å²) in [7, 11) is 0. The number of ether oxygens (including phenoxy) is 3. The van der Waals surface area contributed by atoms with Crippen LogP contribution in [0.5, 0.6) is 5.75 Å². The largest absolute Gasteiger partial charge is 0.463 e. The maximum Gasteiger partial charge on any atom is 0.387 e. The third kappa shape index (κ3) is 10.1. The van der Waals surface area contributed by atoms with Crippen molar-refractivity contribution in [1.29, 1.82) is 0 Å². The van der Waals surface area contributed by atoms with Crippen LogP contribution in [-0.2, 0) is 25.6 Å². The molecule has 0 atom stereocenters. The molecule has 11 heteroatoms. The lowest BCUT2D eigenvalue weighted by atomic mass is 10.1. The molecule has 0 saturated carbocycles. The summed E-state index contributed by atoms with van der Waals surface area (Å²) >= 11 is 0. The minimum atomic E-state index is -2.93. The van der Waals surface area contributed by atoms with Crippen LogP contribution in [0.15, 0.2) is 36.9 Å². The number of carbonyl (C=O) groups excluding carboxylic acids is 2. The molecule has 0 unspecified atom stereocenters. The molecule has 2 aromatic rings. The number of aryl methyl sites for hydroxylation is 1. The van der Waals surface area contributed by atoms with Gasteiger partial charge in [-0.15, -0.1) is 10.2 Å². The number of benzene rings is 1. The third-order valence-corrected chi connectivity index (χ3v) is 3.34. The Morgan fingerprint density at radius 3 is 2.39 bits per heavy atom. The molecule has 1 heterocycles. The van der Waals surface area contributed by atoms with Crippen molar-refractivity contribution in [2.24, 2.45) is 0 Å². The highest BCUT2D eigenvalue weighted by molar-refractivity contribution is 5.87. The molecule has 0 radical (unpaired) electrons. The quantitative estimate of drug-likeness (QED) is 0.435. The summed E-state index contributed by atoms with van der Waals surface area (Å²) in [5.41, 5.74) is 1.21. The lowest BCUT2D eigenvalue weighted by Gasteiger charge is -2.10. The number of carbonyl (C=O) groups is 2. The zero-order valence-electron chi connectivity index (χ0n) is 17.5. The number of esters is 2. The van der Waals surface area contributed by atoms with Crippen LogP contribution < -0.4 is 4.74 Å². The van der Waals surface area contributed by atoms with E-state index in [1.54, 1.807) is 26.8 Å². The van der Waals surface area contributed by atoms with E-state index in [-0.39, 0.29) is 24.9 Å². The summed E-state index contributed by atoms with van der Waals surface area (Å²) in [6, 6.07) is 4.39. The Morgan fingerprint density at radius 2 is 1.87 bits per heavy atom. The van der Waals surface area contributed by atoms with Gasteiger partial charge in [0.2, 0.25) is 0 Å². The number of tetrazole rings is 1. The number of hydrogen-bond donors (Lipinski definition) is 0. The Labute approximate surface area is 178 Å². The first-order valence-electron chi connectivity index (χ1n) is 9.25. The molecular weight excluding hydrogens is 414 g/mol. The van der Waals surface area contributed by atoms with Gasteiger partial charge in [0.05, 0.1) is 19.8 Å². The lowest BCUT2D eigenvalue weighted by molar-refractivity contribution is -0.138. The van der Waals surface area contributed by atoms with E-state index in [0.717, 1.165) is 6.08 Å². The molecule has 2 rings (SSSR count). The summed E-state index contributed by atoms with van der Waals surface area (Å²) in [4.78, 5) is 22.8. The van der Waals surface area contributed by atoms with Gasteiger partial charge >= 0.3 is 18.6 Å². The summed E-state index contributed by atoms with van der Waals surface area (Å²) in [5.74, 6) is -0.364. The van der Waals surface area contributed by atoms with Crippen molar-refractivity contribution in [3.05, 3.63) is 53.9 Å². The second-order valence-electron chi connectivity index (χ2n) is 5.65. The van der Waals surface area contributed by atoms with Gasteiger partial charge in [-0.05, 0) is 55.3 Å². The van der Waals surface area contributed by atoms with Crippen LogP contribution in [0.25, 0.3) is 6.08 Å². The predicted molar refractivity (Wildman–Crippen MR) is 107 cm³/mol. The number of alkyl halides is 2. The summed E-state index contributed by atoms with van der Waals surface area (Å²) < 4.78 is 38.4. The molecule has 0 amide bonds. The second-order valence-corrected chi connectivity index (χ2v) is 5.65. The van der Waals surface area contributed by atoms with Crippen molar-refractivity contribution in [3.8, 4) is 5.75 Å². The second kappa shape index (κ2) is 13.6. The molecule has 1 aromatic carbocycles. The molecule has 0 aliphatic carbocycles. The predicted octanol–water partition coefficient (Wildman–Crippen LogP) is 2.94. The fourth-order valence-electron chi connectivity index (χ4n) is 2.15. The average Bonchev–Trinajstić information content (AvgIpc) is 3.12. The molecular formula is C20H24F2N4O5. The lowest BCUT2D eigenvalue weighted by Crippen LogP contribution is -2.07. The van der Waals surface area contributed by atoms with Gasteiger partial charge in [0.1, 0.15) is 5.75 Å². The molecule has 0 spiro atoms. The van der Waals surface area contributed by atoms with Crippen LogP contribution in [0, 0.1) is 6.92 Å². The molecule has 0 aliphatic heterocycles. The maximum atomic E-state index is 12.4. The molecule has 0 aliphatic rings. The third-order valence-electron chi connectivity index (χ3n) is 3.34. The van der Waals surface area contributed by atoms with Crippen LogP contribution in [0.1, 0.15) is 30.8 Å².